The zero-order valence-electron chi connectivity index (χ0n) is 11.9. The van der Waals surface area contributed by atoms with Crippen LogP contribution in [-0.2, 0) is 0 Å². The minimum atomic E-state index is -0.211. The summed E-state index contributed by atoms with van der Waals surface area (Å²) in [5.74, 6) is 1.01. The molecule has 0 aliphatic rings. The minimum absolute atomic E-state index is 0.0891. The van der Waals surface area contributed by atoms with Gasteiger partial charge in [0.1, 0.15) is 11.5 Å². The third-order valence-corrected chi connectivity index (χ3v) is 4.18. The Labute approximate surface area is 129 Å². The first-order chi connectivity index (χ1) is 10.1. The zero-order chi connectivity index (χ0) is 15.2. The minimum Gasteiger partial charge on any atom is -0.507 e. The van der Waals surface area contributed by atoms with Crippen molar-refractivity contribution in [3.8, 4) is 11.5 Å². The van der Waals surface area contributed by atoms with Gasteiger partial charge in [0, 0.05) is 16.3 Å². The Balaban J connectivity index is 2.23. The van der Waals surface area contributed by atoms with Crippen molar-refractivity contribution in [1.29, 1.82) is 0 Å². The predicted octanol–water partition coefficient (Wildman–Crippen LogP) is 4.55. The van der Waals surface area contributed by atoms with E-state index in [4.69, 9.17) is 0 Å². The second-order valence-corrected chi connectivity index (χ2v) is 5.73. The van der Waals surface area contributed by atoms with Crippen molar-refractivity contribution in [3.63, 3.8) is 0 Å². The molecule has 0 aliphatic carbocycles. The van der Waals surface area contributed by atoms with Crippen molar-refractivity contribution in [3.05, 3.63) is 60.7 Å². The second kappa shape index (κ2) is 7.09. The van der Waals surface area contributed by atoms with Crippen molar-refractivity contribution >= 4 is 17.4 Å². The maximum absolute atomic E-state index is 9.93. The number of hydrogen-bond acceptors (Lipinski definition) is 4. The fourth-order valence-corrected chi connectivity index (χ4v) is 2.91. The van der Waals surface area contributed by atoms with Crippen molar-refractivity contribution in [2.45, 2.75) is 17.9 Å². The monoisotopic (exact) mass is 301 g/mol. The van der Waals surface area contributed by atoms with E-state index in [1.807, 2.05) is 37.3 Å². The molecule has 0 aliphatic heterocycles. The highest BCUT2D eigenvalue weighted by Crippen LogP contribution is 2.36. The molecule has 1 unspecified atom stereocenters. The summed E-state index contributed by atoms with van der Waals surface area (Å²) in [6, 6.07) is 12.5. The Morgan fingerprint density at radius 2 is 1.81 bits per heavy atom. The van der Waals surface area contributed by atoms with Gasteiger partial charge in [-0.3, -0.25) is 0 Å². The summed E-state index contributed by atoms with van der Waals surface area (Å²) in [6.45, 7) is 5.64. The van der Waals surface area contributed by atoms with Gasteiger partial charge in [0.2, 0.25) is 0 Å². The van der Waals surface area contributed by atoms with E-state index >= 15 is 0 Å². The van der Waals surface area contributed by atoms with Gasteiger partial charge in [-0.15, -0.1) is 18.3 Å². The van der Waals surface area contributed by atoms with Crippen molar-refractivity contribution in [2.75, 3.05) is 11.1 Å². The summed E-state index contributed by atoms with van der Waals surface area (Å²) >= 11 is 1.69. The van der Waals surface area contributed by atoms with Crippen LogP contribution in [0.1, 0.15) is 18.5 Å². The van der Waals surface area contributed by atoms with E-state index < -0.39 is 0 Å². The lowest BCUT2D eigenvalue weighted by Crippen LogP contribution is -2.08. The summed E-state index contributed by atoms with van der Waals surface area (Å²) in [5, 5.41) is 23.2. The number of benzene rings is 2. The van der Waals surface area contributed by atoms with Crippen LogP contribution in [0.15, 0.2) is 60.0 Å². The number of thioether (sulfide) groups is 1. The first-order valence-corrected chi connectivity index (χ1v) is 7.72. The van der Waals surface area contributed by atoms with E-state index in [1.165, 1.54) is 0 Å². The molecule has 110 valence electrons. The molecular weight excluding hydrogens is 282 g/mol. The van der Waals surface area contributed by atoms with E-state index in [1.54, 1.807) is 30.0 Å². The molecule has 0 radical (unpaired) electrons. The Morgan fingerprint density at radius 3 is 2.48 bits per heavy atom. The van der Waals surface area contributed by atoms with Crippen LogP contribution in [0.2, 0.25) is 0 Å². The van der Waals surface area contributed by atoms with Gasteiger partial charge >= 0.3 is 0 Å². The molecule has 3 nitrogen and oxygen atoms in total. The molecule has 0 amide bonds. The molecular formula is C17H19NO2S. The molecule has 2 aromatic carbocycles. The normalized spacial score (nSPS) is 11.9. The van der Waals surface area contributed by atoms with Gasteiger partial charge in [0.25, 0.3) is 0 Å². The first-order valence-electron chi connectivity index (χ1n) is 6.73. The number of para-hydroxylation sites is 1. The van der Waals surface area contributed by atoms with Gasteiger partial charge in [-0.2, -0.15) is 0 Å². The van der Waals surface area contributed by atoms with Crippen LogP contribution in [0.3, 0.4) is 0 Å². The molecule has 0 saturated heterocycles. The average Bonchev–Trinajstić information content (AvgIpc) is 2.46. The summed E-state index contributed by atoms with van der Waals surface area (Å²) in [6.07, 6.45) is 1.86. The van der Waals surface area contributed by atoms with E-state index in [2.05, 4.69) is 11.9 Å². The highest BCUT2D eigenvalue weighted by molar-refractivity contribution is 7.99. The summed E-state index contributed by atoms with van der Waals surface area (Å²) in [5.41, 5.74) is 1.47. The summed E-state index contributed by atoms with van der Waals surface area (Å²) < 4.78 is 0. The Hall–Kier alpha value is -2.07. The van der Waals surface area contributed by atoms with Crippen LogP contribution in [-0.4, -0.2) is 16.0 Å². The summed E-state index contributed by atoms with van der Waals surface area (Å²) in [4.78, 5) is 1.11. The average molecular weight is 301 g/mol. The molecule has 0 aromatic heterocycles. The fourth-order valence-electron chi connectivity index (χ4n) is 2.15. The van der Waals surface area contributed by atoms with Crippen molar-refractivity contribution in [1.82, 2.24) is 0 Å². The zero-order valence-corrected chi connectivity index (χ0v) is 12.7. The highest BCUT2D eigenvalue weighted by atomic mass is 32.2. The number of phenolic OH excluding ortho intramolecular Hbond substituents is 2. The lowest BCUT2D eigenvalue weighted by atomic mass is 10.1. The van der Waals surface area contributed by atoms with E-state index in [0.29, 0.717) is 5.56 Å². The molecule has 0 fully saturated rings. The molecule has 2 aromatic rings. The SMILES string of the molecule is C=CCSc1ccccc1NC(C)c1c(O)cccc1O. The van der Waals surface area contributed by atoms with E-state index in [9.17, 15) is 10.2 Å². The summed E-state index contributed by atoms with van der Waals surface area (Å²) in [7, 11) is 0. The van der Waals surface area contributed by atoms with Crippen LogP contribution in [0, 0.1) is 0 Å². The van der Waals surface area contributed by atoms with Crippen molar-refractivity contribution < 1.29 is 10.2 Å². The van der Waals surface area contributed by atoms with E-state index in [0.717, 1.165) is 16.3 Å². The van der Waals surface area contributed by atoms with Crippen LogP contribution < -0.4 is 5.32 Å². The van der Waals surface area contributed by atoms with Gasteiger partial charge in [0.05, 0.1) is 11.6 Å². The molecule has 4 heteroatoms. The van der Waals surface area contributed by atoms with Crippen LogP contribution >= 0.6 is 11.8 Å². The van der Waals surface area contributed by atoms with Crippen molar-refractivity contribution in [2.24, 2.45) is 0 Å². The van der Waals surface area contributed by atoms with Crippen LogP contribution in [0.25, 0.3) is 0 Å². The molecule has 2 rings (SSSR count). The smallest absolute Gasteiger partial charge is 0.124 e. The quantitative estimate of drug-likeness (QED) is 0.541. The number of anilines is 1. The van der Waals surface area contributed by atoms with E-state index in [-0.39, 0.29) is 17.5 Å². The molecule has 21 heavy (non-hydrogen) atoms. The first kappa shape index (κ1) is 15.3. The highest BCUT2D eigenvalue weighted by Gasteiger charge is 2.15. The standard InChI is InChI=1S/C17H19NO2S/c1-3-11-21-16-10-5-4-7-13(16)18-12(2)17-14(19)8-6-9-15(17)20/h3-10,12,18-20H,1,11H2,2H3. The predicted molar refractivity (Wildman–Crippen MR) is 89.2 cm³/mol. The lowest BCUT2D eigenvalue weighted by Gasteiger charge is -2.19. The molecule has 3 N–H and O–H groups in total. The number of aromatic hydroxyl groups is 2. The topological polar surface area (TPSA) is 52.5 Å². The number of nitrogens with one attached hydrogen (secondary N) is 1. The van der Waals surface area contributed by atoms with Crippen LogP contribution in [0.5, 0.6) is 11.5 Å². The van der Waals surface area contributed by atoms with Gasteiger partial charge in [-0.25, -0.2) is 0 Å². The number of rotatable bonds is 6. The second-order valence-electron chi connectivity index (χ2n) is 4.67. The Bertz CT molecular complexity index is 608. The maximum atomic E-state index is 9.93. The third-order valence-electron chi connectivity index (χ3n) is 3.11. The van der Waals surface area contributed by atoms with Gasteiger partial charge in [0.15, 0.2) is 0 Å². The largest absolute Gasteiger partial charge is 0.507 e. The van der Waals surface area contributed by atoms with Gasteiger partial charge in [-0.05, 0) is 31.2 Å². The molecule has 0 bridgehead atoms. The van der Waals surface area contributed by atoms with Crippen LogP contribution in [0.4, 0.5) is 5.69 Å². The fraction of sp³-hybridized carbons (Fsp3) is 0.176. The van der Waals surface area contributed by atoms with Gasteiger partial charge < -0.3 is 15.5 Å². The number of hydrogen-bond donors (Lipinski definition) is 3. The Kier molecular flexibility index (Phi) is 5.17. The lowest BCUT2D eigenvalue weighted by molar-refractivity contribution is 0.434. The number of phenols is 2. The van der Waals surface area contributed by atoms with Gasteiger partial charge in [-0.1, -0.05) is 24.3 Å². The molecule has 0 heterocycles. The Morgan fingerprint density at radius 1 is 1.14 bits per heavy atom. The maximum Gasteiger partial charge on any atom is 0.124 e. The molecule has 1 atom stereocenters. The molecule has 0 saturated carbocycles. The third kappa shape index (κ3) is 3.73. The molecule has 0 spiro atoms.